The highest BCUT2D eigenvalue weighted by atomic mass is 19.1. The lowest BCUT2D eigenvalue weighted by molar-refractivity contribution is -0.142. The van der Waals surface area contributed by atoms with Crippen molar-refractivity contribution in [3.05, 3.63) is 29.6 Å². The van der Waals surface area contributed by atoms with Crippen LogP contribution in [0.4, 0.5) is 4.39 Å². The number of benzene rings is 1. The Balaban J connectivity index is 2.43. The van der Waals surface area contributed by atoms with Crippen molar-refractivity contribution < 1.29 is 19.0 Å². The van der Waals surface area contributed by atoms with Crippen molar-refractivity contribution in [1.29, 1.82) is 0 Å². The van der Waals surface area contributed by atoms with Gasteiger partial charge in [0.2, 0.25) is 0 Å². The lowest BCUT2D eigenvalue weighted by Crippen LogP contribution is -2.44. The van der Waals surface area contributed by atoms with E-state index in [0.29, 0.717) is 25.2 Å². The number of carbonyl (C=O) groups is 1. The van der Waals surface area contributed by atoms with Gasteiger partial charge in [0.25, 0.3) is 0 Å². The number of hydrogen-bond donors (Lipinski definition) is 2. The largest absolute Gasteiger partial charge is 0.493 e. The van der Waals surface area contributed by atoms with Crippen LogP contribution in [0.3, 0.4) is 0 Å². The number of halogens is 1. The van der Waals surface area contributed by atoms with Gasteiger partial charge in [0.15, 0.2) is 0 Å². The van der Waals surface area contributed by atoms with Crippen molar-refractivity contribution >= 4 is 5.97 Å². The second-order valence-electron chi connectivity index (χ2n) is 4.58. The Kier molecular flexibility index (Phi) is 4.67. The topological polar surface area (TPSA) is 72.5 Å². The predicted molar refractivity (Wildman–Crippen MR) is 66.1 cm³/mol. The van der Waals surface area contributed by atoms with E-state index in [-0.39, 0.29) is 5.82 Å². The minimum absolute atomic E-state index is 0.302. The van der Waals surface area contributed by atoms with Crippen LogP contribution in [0, 0.1) is 12.7 Å². The predicted octanol–water partition coefficient (Wildman–Crippen LogP) is 2.10. The number of nitrogens with two attached hydrogens (primary N) is 1. The normalized spacial score (nSPS) is 14.0. The van der Waals surface area contributed by atoms with Gasteiger partial charge < -0.3 is 15.6 Å². The maximum absolute atomic E-state index is 13.0. The molecule has 0 saturated carbocycles. The van der Waals surface area contributed by atoms with Gasteiger partial charge in [-0.1, -0.05) is 6.07 Å². The van der Waals surface area contributed by atoms with Crippen LogP contribution >= 0.6 is 0 Å². The highest BCUT2D eigenvalue weighted by Crippen LogP contribution is 2.19. The zero-order chi connectivity index (χ0) is 13.8. The third kappa shape index (κ3) is 4.00. The Bertz CT molecular complexity index is 432. The summed E-state index contributed by atoms with van der Waals surface area (Å²) in [4.78, 5) is 10.8. The lowest BCUT2D eigenvalue weighted by atomic mass is 9.98. The lowest BCUT2D eigenvalue weighted by Gasteiger charge is -2.19. The number of hydrogen-bond acceptors (Lipinski definition) is 3. The number of rotatable bonds is 6. The van der Waals surface area contributed by atoms with Gasteiger partial charge in [0.05, 0.1) is 6.61 Å². The van der Waals surface area contributed by atoms with Gasteiger partial charge in [-0.3, -0.25) is 4.79 Å². The molecule has 4 nitrogen and oxygen atoms in total. The first-order chi connectivity index (χ1) is 8.33. The number of aryl methyl sites for hydroxylation is 1. The van der Waals surface area contributed by atoms with Gasteiger partial charge in [-0.15, -0.1) is 0 Å². The summed E-state index contributed by atoms with van der Waals surface area (Å²) in [6.07, 6.45) is 0.798. The summed E-state index contributed by atoms with van der Waals surface area (Å²) in [5.41, 5.74) is 5.17. The van der Waals surface area contributed by atoms with Crippen molar-refractivity contribution in [3.63, 3.8) is 0 Å². The monoisotopic (exact) mass is 255 g/mol. The van der Waals surface area contributed by atoms with Gasteiger partial charge in [-0.05, 0) is 38.3 Å². The van der Waals surface area contributed by atoms with E-state index >= 15 is 0 Å². The van der Waals surface area contributed by atoms with E-state index in [1.54, 1.807) is 6.07 Å². The van der Waals surface area contributed by atoms with E-state index in [4.69, 9.17) is 15.6 Å². The standard InChI is InChI=1S/C13H18FNO3/c1-9-4-5-10(14)8-11(9)18-7-3-6-13(2,15)12(16)17/h4-5,8H,3,6-7,15H2,1-2H3,(H,16,17). The minimum Gasteiger partial charge on any atom is -0.493 e. The third-order valence-electron chi connectivity index (χ3n) is 2.74. The highest BCUT2D eigenvalue weighted by molar-refractivity contribution is 5.77. The summed E-state index contributed by atoms with van der Waals surface area (Å²) in [7, 11) is 0. The van der Waals surface area contributed by atoms with Crippen LogP contribution in [-0.2, 0) is 4.79 Å². The van der Waals surface area contributed by atoms with E-state index in [1.807, 2.05) is 6.92 Å². The quantitative estimate of drug-likeness (QED) is 0.763. The van der Waals surface area contributed by atoms with Crippen molar-refractivity contribution in [2.75, 3.05) is 6.61 Å². The number of carboxylic acid groups (broad SMARTS) is 1. The van der Waals surface area contributed by atoms with Gasteiger partial charge in [0, 0.05) is 6.07 Å². The molecular formula is C13H18FNO3. The molecule has 0 fully saturated rings. The first-order valence-corrected chi connectivity index (χ1v) is 5.74. The molecule has 0 bridgehead atoms. The van der Waals surface area contributed by atoms with Crippen molar-refractivity contribution in [1.82, 2.24) is 0 Å². The van der Waals surface area contributed by atoms with Crippen LogP contribution in [-0.4, -0.2) is 23.2 Å². The van der Waals surface area contributed by atoms with Crippen molar-refractivity contribution in [3.8, 4) is 5.75 Å². The molecule has 5 heteroatoms. The summed E-state index contributed by atoms with van der Waals surface area (Å²) in [5, 5.41) is 8.82. The maximum Gasteiger partial charge on any atom is 0.323 e. The average molecular weight is 255 g/mol. The minimum atomic E-state index is -1.25. The second-order valence-corrected chi connectivity index (χ2v) is 4.58. The molecule has 0 saturated heterocycles. The van der Waals surface area contributed by atoms with Crippen LogP contribution in [0.25, 0.3) is 0 Å². The molecule has 1 rings (SSSR count). The molecule has 0 amide bonds. The van der Waals surface area contributed by atoms with Crippen LogP contribution in [0.2, 0.25) is 0 Å². The zero-order valence-corrected chi connectivity index (χ0v) is 10.6. The smallest absolute Gasteiger partial charge is 0.323 e. The summed E-state index contributed by atoms with van der Waals surface area (Å²) >= 11 is 0. The molecule has 0 aliphatic carbocycles. The number of aliphatic carboxylic acids is 1. The van der Waals surface area contributed by atoms with Gasteiger partial charge in [0.1, 0.15) is 17.1 Å². The number of ether oxygens (including phenoxy) is 1. The molecule has 0 aliphatic rings. The van der Waals surface area contributed by atoms with Gasteiger partial charge in [-0.2, -0.15) is 0 Å². The summed E-state index contributed by atoms with van der Waals surface area (Å²) in [6.45, 7) is 3.59. The van der Waals surface area contributed by atoms with Gasteiger partial charge >= 0.3 is 5.97 Å². The third-order valence-corrected chi connectivity index (χ3v) is 2.74. The SMILES string of the molecule is Cc1ccc(F)cc1OCCCC(C)(N)C(=O)O. The molecule has 0 heterocycles. The molecule has 1 aromatic carbocycles. The fourth-order valence-corrected chi connectivity index (χ4v) is 1.46. The van der Waals surface area contributed by atoms with Gasteiger partial charge in [-0.25, -0.2) is 4.39 Å². The van der Waals surface area contributed by atoms with Crippen LogP contribution in [0.1, 0.15) is 25.3 Å². The Morgan fingerprint density at radius 2 is 2.22 bits per heavy atom. The van der Waals surface area contributed by atoms with E-state index in [1.165, 1.54) is 19.1 Å². The van der Waals surface area contributed by atoms with Crippen LogP contribution < -0.4 is 10.5 Å². The molecule has 18 heavy (non-hydrogen) atoms. The van der Waals surface area contributed by atoms with Crippen LogP contribution in [0.5, 0.6) is 5.75 Å². The average Bonchev–Trinajstić information content (AvgIpc) is 2.28. The molecule has 0 aromatic heterocycles. The fourth-order valence-electron chi connectivity index (χ4n) is 1.46. The van der Waals surface area contributed by atoms with Crippen molar-refractivity contribution in [2.45, 2.75) is 32.2 Å². The highest BCUT2D eigenvalue weighted by Gasteiger charge is 2.26. The summed E-state index contributed by atoms with van der Waals surface area (Å²) in [5.74, 6) is -0.918. The molecule has 3 N–H and O–H groups in total. The molecule has 100 valence electrons. The molecule has 0 aliphatic heterocycles. The van der Waals surface area contributed by atoms with E-state index < -0.39 is 11.5 Å². The van der Waals surface area contributed by atoms with Crippen molar-refractivity contribution in [2.24, 2.45) is 5.73 Å². The van der Waals surface area contributed by atoms with E-state index in [9.17, 15) is 9.18 Å². The Hall–Kier alpha value is -1.62. The Morgan fingerprint density at radius 1 is 1.56 bits per heavy atom. The first kappa shape index (κ1) is 14.4. The molecule has 1 aromatic rings. The maximum atomic E-state index is 13.0. The zero-order valence-electron chi connectivity index (χ0n) is 10.6. The second kappa shape index (κ2) is 5.82. The molecule has 1 unspecified atom stereocenters. The fraction of sp³-hybridized carbons (Fsp3) is 0.462. The molecule has 0 radical (unpaired) electrons. The summed E-state index contributed by atoms with van der Waals surface area (Å²) < 4.78 is 18.4. The molecule has 1 atom stereocenters. The number of carboxylic acids is 1. The Morgan fingerprint density at radius 3 is 2.83 bits per heavy atom. The van der Waals surface area contributed by atoms with Crippen LogP contribution in [0.15, 0.2) is 18.2 Å². The molecular weight excluding hydrogens is 237 g/mol. The Labute approximate surface area is 106 Å². The van der Waals surface area contributed by atoms with E-state index in [2.05, 4.69) is 0 Å². The summed E-state index contributed by atoms with van der Waals surface area (Å²) in [6, 6.07) is 4.31. The molecule has 0 spiro atoms. The van der Waals surface area contributed by atoms with E-state index in [0.717, 1.165) is 5.56 Å². The first-order valence-electron chi connectivity index (χ1n) is 5.74.